The second-order valence-electron chi connectivity index (χ2n) is 6.35. The molecule has 0 saturated heterocycles. The molecule has 0 amide bonds. The first-order chi connectivity index (χ1) is 13.0. The molecule has 4 rings (SSSR count). The van der Waals surface area contributed by atoms with Gasteiger partial charge in [-0.1, -0.05) is 48.5 Å². The normalized spacial score (nSPS) is 11.4. The maximum atomic E-state index is 12.9. The number of nitrogens with zero attached hydrogens (tertiary/aromatic N) is 1. The average molecular weight is 374 g/mol. The molecule has 0 aliphatic heterocycles. The molecule has 1 heterocycles. The highest BCUT2D eigenvalue weighted by molar-refractivity contribution is 7.93. The molecule has 0 aliphatic carbocycles. The molecule has 0 radical (unpaired) electrons. The third-order valence-electron chi connectivity index (χ3n) is 4.53. The highest BCUT2D eigenvalue weighted by Crippen LogP contribution is 2.27. The number of hydrogen-bond acceptors (Lipinski definition) is 3. The zero-order valence-corrected chi connectivity index (χ0v) is 15.6. The van der Waals surface area contributed by atoms with E-state index in [1.807, 2.05) is 61.7 Å². The molecule has 4 aromatic rings. The Labute approximate surface area is 158 Å². The first-order valence-electron chi connectivity index (χ1n) is 8.56. The fourth-order valence-electron chi connectivity index (χ4n) is 3.12. The summed E-state index contributed by atoms with van der Waals surface area (Å²) in [6, 6.07) is 22.0. The number of fused-ring (bicyclic) bond motifs is 1. The van der Waals surface area contributed by atoms with Gasteiger partial charge in [-0.2, -0.15) is 0 Å². The Kier molecular flexibility index (Phi) is 4.38. The summed E-state index contributed by atoms with van der Waals surface area (Å²) in [7, 11) is -3.69. The maximum absolute atomic E-state index is 12.9. The lowest BCUT2D eigenvalue weighted by Crippen LogP contribution is -2.13. The van der Waals surface area contributed by atoms with Gasteiger partial charge in [0.25, 0.3) is 10.0 Å². The summed E-state index contributed by atoms with van der Waals surface area (Å²) in [6.07, 6.45) is 3.57. The second-order valence-corrected chi connectivity index (χ2v) is 8.00. The van der Waals surface area contributed by atoms with Crippen LogP contribution in [0.5, 0.6) is 0 Å². The molecule has 0 bridgehead atoms. The molecule has 0 unspecified atom stereocenters. The maximum Gasteiger partial charge on any atom is 0.262 e. The van der Waals surface area contributed by atoms with Crippen LogP contribution in [0.1, 0.15) is 5.56 Å². The van der Waals surface area contributed by atoms with Crippen molar-refractivity contribution in [3.05, 3.63) is 90.8 Å². The Morgan fingerprint density at radius 3 is 2.37 bits per heavy atom. The molecule has 4 nitrogen and oxygen atoms in total. The number of sulfonamides is 1. The summed E-state index contributed by atoms with van der Waals surface area (Å²) >= 11 is 0. The smallest absolute Gasteiger partial charge is 0.262 e. The highest BCUT2D eigenvalue weighted by Gasteiger charge is 2.17. The third-order valence-corrected chi connectivity index (χ3v) is 5.97. The lowest BCUT2D eigenvalue weighted by atomic mass is 10.0. The van der Waals surface area contributed by atoms with Gasteiger partial charge >= 0.3 is 0 Å². The summed E-state index contributed by atoms with van der Waals surface area (Å²) in [6.45, 7) is 2.02. The van der Waals surface area contributed by atoms with Gasteiger partial charge in [0, 0.05) is 29.0 Å². The summed E-state index contributed by atoms with van der Waals surface area (Å²) in [5.74, 6) is 0. The van der Waals surface area contributed by atoms with E-state index in [1.54, 1.807) is 30.5 Å². The summed E-state index contributed by atoms with van der Waals surface area (Å²) in [4.78, 5) is 4.43. The van der Waals surface area contributed by atoms with E-state index in [-0.39, 0.29) is 4.90 Å². The van der Waals surface area contributed by atoms with Crippen molar-refractivity contribution in [1.82, 2.24) is 4.98 Å². The van der Waals surface area contributed by atoms with E-state index < -0.39 is 10.0 Å². The Balaban J connectivity index is 1.66. The van der Waals surface area contributed by atoms with E-state index in [0.29, 0.717) is 11.1 Å². The SMILES string of the molecule is Cc1ccncc1-c1ccc(NS(=O)(=O)c2cccc3ccccc23)cc1. The van der Waals surface area contributed by atoms with Crippen molar-refractivity contribution in [2.24, 2.45) is 0 Å². The van der Waals surface area contributed by atoms with Gasteiger partial charge in [0.15, 0.2) is 0 Å². The van der Waals surface area contributed by atoms with Crippen LogP contribution in [0.4, 0.5) is 5.69 Å². The predicted molar refractivity (Wildman–Crippen MR) is 109 cm³/mol. The van der Waals surface area contributed by atoms with Crippen LogP contribution < -0.4 is 4.72 Å². The third kappa shape index (κ3) is 3.41. The average Bonchev–Trinajstić information content (AvgIpc) is 2.68. The van der Waals surface area contributed by atoms with Crippen molar-refractivity contribution >= 4 is 26.5 Å². The summed E-state index contributed by atoms with van der Waals surface area (Å²) in [5.41, 5.74) is 3.66. The molecule has 1 aromatic heterocycles. The number of nitrogens with one attached hydrogen (secondary N) is 1. The lowest BCUT2D eigenvalue weighted by Gasteiger charge is -2.11. The van der Waals surface area contributed by atoms with Gasteiger partial charge < -0.3 is 0 Å². The summed E-state index contributed by atoms with van der Waals surface area (Å²) in [5, 5.41) is 1.60. The van der Waals surface area contributed by atoms with Crippen molar-refractivity contribution in [1.29, 1.82) is 0 Å². The predicted octanol–water partition coefficient (Wildman–Crippen LogP) is 5.01. The lowest BCUT2D eigenvalue weighted by molar-refractivity contribution is 0.602. The van der Waals surface area contributed by atoms with E-state index in [4.69, 9.17) is 0 Å². The molecule has 1 N–H and O–H groups in total. The van der Waals surface area contributed by atoms with E-state index in [0.717, 1.165) is 22.1 Å². The number of aryl methyl sites for hydroxylation is 1. The number of pyridine rings is 1. The van der Waals surface area contributed by atoms with Crippen LogP contribution in [0, 0.1) is 6.92 Å². The van der Waals surface area contributed by atoms with Crippen molar-refractivity contribution in [3.8, 4) is 11.1 Å². The summed E-state index contributed by atoms with van der Waals surface area (Å²) < 4.78 is 28.5. The molecule has 0 spiro atoms. The Morgan fingerprint density at radius 1 is 0.852 bits per heavy atom. The molecule has 3 aromatic carbocycles. The van der Waals surface area contributed by atoms with Gasteiger partial charge in [-0.3, -0.25) is 9.71 Å². The monoisotopic (exact) mass is 374 g/mol. The van der Waals surface area contributed by atoms with Crippen molar-refractivity contribution in [2.45, 2.75) is 11.8 Å². The molecule has 27 heavy (non-hydrogen) atoms. The molecular formula is C22H18N2O2S. The first-order valence-corrected chi connectivity index (χ1v) is 10.0. The van der Waals surface area contributed by atoms with E-state index in [9.17, 15) is 8.42 Å². The number of aromatic nitrogens is 1. The topological polar surface area (TPSA) is 59.1 Å². The number of anilines is 1. The Morgan fingerprint density at radius 2 is 1.59 bits per heavy atom. The minimum atomic E-state index is -3.69. The van der Waals surface area contributed by atoms with Gasteiger partial charge in [0.05, 0.1) is 4.90 Å². The zero-order valence-electron chi connectivity index (χ0n) is 14.8. The molecule has 0 aliphatic rings. The van der Waals surface area contributed by atoms with Gasteiger partial charge in [-0.15, -0.1) is 0 Å². The molecule has 0 atom stereocenters. The van der Waals surface area contributed by atoms with Crippen LogP contribution >= 0.6 is 0 Å². The fourth-order valence-corrected chi connectivity index (χ4v) is 4.41. The molecule has 0 fully saturated rings. The van der Waals surface area contributed by atoms with Gasteiger partial charge in [0.1, 0.15) is 0 Å². The van der Waals surface area contributed by atoms with Gasteiger partial charge in [0.2, 0.25) is 0 Å². The van der Waals surface area contributed by atoms with Crippen LogP contribution in [-0.2, 0) is 10.0 Å². The Hall–Kier alpha value is -3.18. The number of rotatable bonds is 4. The van der Waals surface area contributed by atoms with E-state index in [2.05, 4.69) is 9.71 Å². The largest absolute Gasteiger partial charge is 0.280 e. The van der Waals surface area contributed by atoms with Gasteiger partial charge in [-0.05, 0) is 47.7 Å². The molecular weight excluding hydrogens is 356 g/mol. The van der Waals surface area contributed by atoms with Crippen LogP contribution in [0.2, 0.25) is 0 Å². The zero-order chi connectivity index (χ0) is 18.9. The number of benzene rings is 3. The minimum Gasteiger partial charge on any atom is -0.280 e. The molecule has 5 heteroatoms. The van der Waals surface area contributed by atoms with Crippen molar-refractivity contribution < 1.29 is 8.42 Å². The van der Waals surface area contributed by atoms with Gasteiger partial charge in [-0.25, -0.2) is 8.42 Å². The van der Waals surface area contributed by atoms with Crippen molar-refractivity contribution in [3.63, 3.8) is 0 Å². The van der Waals surface area contributed by atoms with E-state index >= 15 is 0 Å². The van der Waals surface area contributed by atoms with Crippen LogP contribution in [-0.4, -0.2) is 13.4 Å². The highest BCUT2D eigenvalue weighted by atomic mass is 32.2. The van der Waals surface area contributed by atoms with Crippen LogP contribution in [0.15, 0.2) is 90.1 Å². The van der Waals surface area contributed by atoms with Crippen LogP contribution in [0.25, 0.3) is 21.9 Å². The molecule has 134 valence electrons. The van der Waals surface area contributed by atoms with Crippen LogP contribution in [0.3, 0.4) is 0 Å². The minimum absolute atomic E-state index is 0.271. The number of hydrogen-bond donors (Lipinski definition) is 1. The fraction of sp³-hybridized carbons (Fsp3) is 0.0455. The molecule has 0 saturated carbocycles. The van der Waals surface area contributed by atoms with Crippen molar-refractivity contribution in [2.75, 3.05) is 4.72 Å². The van der Waals surface area contributed by atoms with E-state index in [1.165, 1.54) is 0 Å². The first kappa shape index (κ1) is 17.2. The quantitative estimate of drug-likeness (QED) is 0.546. The second kappa shape index (κ2) is 6.85. The Bertz CT molecular complexity index is 1210. The standard InChI is InChI=1S/C22H18N2O2S/c1-16-13-14-23-15-21(16)18-9-11-19(12-10-18)24-27(25,26)22-8-4-6-17-5-2-3-7-20(17)22/h2-15,24H,1H3.